The number of carbonyl (C=O) groups excluding carboxylic acids is 1. The van der Waals surface area contributed by atoms with E-state index in [-0.39, 0.29) is 0 Å². The summed E-state index contributed by atoms with van der Waals surface area (Å²) in [6, 6.07) is 5.50. The fourth-order valence-corrected chi connectivity index (χ4v) is 2.22. The molecule has 0 aliphatic heterocycles. The van der Waals surface area contributed by atoms with Crippen molar-refractivity contribution in [3.8, 4) is 6.07 Å². The molecule has 0 fully saturated rings. The van der Waals surface area contributed by atoms with Crippen molar-refractivity contribution in [1.29, 1.82) is 5.26 Å². The normalized spacial score (nSPS) is 11.8. The van der Waals surface area contributed by atoms with Crippen LogP contribution < -0.4 is 0 Å². The van der Waals surface area contributed by atoms with Gasteiger partial charge in [-0.25, -0.2) is 0 Å². The van der Waals surface area contributed by atoms with Crippen LogP contribution in [0.1, 0.15) is 11.8 Å². The van der Waals surface area contributed by atoms with E-state index in [9.17, 15) is 4.79 Å². The van der Waals surface area contributed by atoms with Gasteiger partial charge in [-0.3, -0.25) is 4.79 Å². The molecule has 0 radical (unpaired) electrons. The zero-order chi connectivity index (χ0) is 11.3. The maximum atomic E-state index is 11.3. The molecule has 0 aliphatic rings. The van der Waals surface area contributed by atoms with Crippen LogP contribution in [0.3, 0.4) is 0 Å². The van der Waals surface area contributed by atoms with Crippen molar-refractivity contribution in [2.45, 2.75) is 13.3 Å². The van der Waals surface area contributed by atoms with Gasteiger partial charge >= 0.3 is 5.97 Å². The molecule has 0 aromatic carbocycles. The van der Waals surface area contributed by atoms with E-state index in [0.717, 1.165) is 4.88 Å². The molecule has 1 unspecified atom stereocenters. The van der Waals surface area contributed by atoms with E-state index in [0.29, 0.717) is 17.4 Å². The summed E-state index contributed by atoms with van der Waals surface area (Å²) < 4.78 is 5.44. The zero-order valence-corrected chi connectivity index (χ0v) is 9.77. The number of rotatable bonds is 4. The van der Waals surface area contributed by atoms with Crippen molar-refractivity contribution in [1.82, 2.24) is 0 Å². The van der Waals surface area contributed by atoms with Crippen LogP contribution in [0.25, 0.3) is 0 Å². The van der Waals surface area contributed by atoms with E-state index >= 15 is 0 Å². The van der Waals surface area contributed by atoms with E-state index < -0.39 is 11.9 Å². The molecule has 80 valence electrons. The number of ether oxygens (including phenoxy) is 1. The standard InChI is InChI=1S/C10H10ClNO2S/c1-2-14-10(13)7(6-12)5-8-3-4-9(11)15-8/h3-4,7H,2,5H2,1H3. The number of thiophene rings is 1. The Kier molecular flexibility index (Phi) is 4.60. The van der Waals surface area contributed by atoms with E-state index in [2.05, 4.69) is 0 Å². The lowest BCUT2D eigenvalue weighted by Gasteiger charge is -2.06. The highest BCUT2D eigenvalue weighted by Crippen LogP contribution is 2.24. The van der Waals surface area contributed by atoms with E-state index in [1.807, 2.05) is 12.1 Å². The minimum absolute atomic E-state index is 0.294. The fourth-order valence-electron chi connectivity index (χ4n) is 1.09. The lowest BCUT2D eigenvalue weighted by Crippen LogP contribution is -2.17. The number of hydrogen-bond acceptors (Lipinski definition) is 4. The van der Waals surface area contributed by atoms with Crippen LogP contribution in [0.5, 0.6) is 0 Å². The van der Waals surface area contributed by atoms with Gasteiger partial charge in [0.15, 0.2) is 0 Å². The van der Waals surface area contributed by atoms with Crippen molar-refractivity contribution in [3.05, 3.63) is 21.3 Å². The largest absolute Gasteiger partial charge is 0.465 e. The smallest absolute Gasteiger partial charge is 0.323 e. The monoisotopic (exact) mass is 243 g/mol. The molecular weight excluding hydrogens is 234 g/mol. The topological polar surface area (TPSA) is 50.1 Å². The number of nitriles is 1. The van der Waals surface area contributed by atoms with Gasteiger partial charge in [0.05, 0.1) is 17.0 Å². The lowest BCUT2D eigenvalue weighted by molar-refractivity contribution is -0.145. The predicted octanol–water partition coefficient (Wildman–Crippen LogP) is 2.65. The highest BCUT2D eigenvalue weighted by atomic mass is 35.5. The maximum absolute atomic E-state index is 11.3. The molecule has 0 saturated heterocycles. The number of carbonyl (C=O) groups is 1. The van der Waals surface area contributed by atoms with Gasteiger partial charge in [0.25, 0.3) is 0 Å². The van der Waals surface area contributed by atoms with Gasteiger partial charge in [0, 0.05) is 11.3 Å². The van der Waals surface area contributed by atoms with Crippen LogP contribution >= 0.6 is 22.9 Å². The summed E-state index contributed by atoms with van der Waals surface area (Å²) in [5.41, 5.74) is 0. The summed E-state index contributed by atoms with van der Waals surface area (Å²) in [5, 5.41) is 8.81. The second kappa shape index (κ2) is 5.74. The molecule has 0 saturated carbocycles. The molecule has 1 atom stereocenters. The molecule has 3 nitrogen and oxygen atoms in total. The molecule has 1 aromatic heterocycles. The van der Waals surface area contributed by atoms with Crippen LogP contribution in [0.4, 0.5) is 0 Å². The van der Waals surface area contributed by atoms with Crippen molar-refractivity contribution >= 4 is 28.9 Å². The van der Waals surface area contributed by atoms with E-state index in [1.165, 1.54) is 11.3 Å². The molecule has 0 amide bonds. The highest BCUT2D eigenvalue weighted by molar-refractivity contribution is 7.16. The molecule has 0 N–H and O–H groups in total. The fraction of sp³-hybridized carbons (Fsp3) is 0.400. The van der Waals surface area contributed by atoms with Crippen molar-refractivity contribution in [2.75, 3.05) is 6.61 Å². The van der Waals surface area contributed by atoms with Crippen LogP contribution in [-0.4, -0.2) is 12.6 Å². The maximum Gasteiger partial charge on any atom is 0.323 e. The Labute approximate surface area is 97.2 Å². The first-order valence-electron chi connectivity index (χ1n) is 4.47. The predicted molar refractivity (Wildman–Crippen MR) is 58.8 cm³/mol. The van der Waals surface area contributed by atoms with Gasteiger partial charge in [-0.1, -0.05) is 11.6 Å². The van der Waals surface area contributed by atoms with Crippen molar-refractivity contribution in [2.24, 2.45) is 5.92 Å². The summed E-state index contributed by atoms with van der Waals surface area (Å²) in [5.74, 6) is -1.20. The summed E-state index contributed by atoms with van der Waals surface area (Å²) in [4.78, 5) is 12.2. The third-order valence-electron chi connectivity index (χ3n) is 1.76. The lowest BCUT2D eigenvalue weighted by atomic mass is 10.1. The average Bonchev–Trinajstić information content (AvgIpc) is 2.61. The van der Waals surface area contributed by atoms with E-state index in [4.69, 9.17) is 21.6 Å². The first kappa shape index (κ1) is 12.0. The van der Waals surface area contributed by atoms with Crippen molar-refractivity contribution < 1.29 is 9.53 Å². The third-order valence-corrected chi connectivity index (χ3v) is 3.01. The molecule has 1 heterocycles. The first-order chi connectivity index (χ1) is 7.17. The second-order valence-corrected chi connectivity index (χ2v) is 4.64. The third kappa shape index (κ3) is 3.54. The molecule has 1 rings (SSSR count). The quantitative estimate of drug-likeness (QED) is 0.764. The number of nitrogens with zero attached hydrogens (tertiary/aromatic N) is 1. The minimum Gasteiger partial charge on any atom is -0.465 e. The molecule has 15 heavy (non-hydrogen) atoms. The zero-order valence-electron chi connectivity index (χ0n) is 8.20. The highest BCUT2D eigenvalue weighted by Gasteiger charge is 2.20. The summed E-state index contributed by atoms with van der Waals surface area (Å²) >= 11 is 7.12. The van der Waals surface area contributed by atoms with Gasteiger partial charge in [-0.2, -0.15) is 5.26 Å². The average molecular weight is 244 g/mol. The molecular formula is C10H10ClNO2S. The van der Waals surface area contributed by atoms with Gasteiger partial charge in [-0.05, 0) is 19.1 Å². The van der Waals surface area contributed by atoms with Gasteiger partial charge in [0.1, 0.15) is 5.92 Å². The van der Waals surface area contributed by atoms with E-state index in [1.54, 1.807) is 13.0 Å². The number of hydrogen-bond donors (Lipinski definition) is 0. The second-order valence-electron chi connectivity index (χ2n) is 2.84. The number of esters is 1. The Hall–Kier alpha value is -1.05. The molecule has 0 bridgehead atoms. The molecule has 1 aromatic rings. The number of halogens is 1. The van der Waals surface area contributed by atoms with Gasteiger partial charge in [-0.15, -0.1) is 11.3 Å². The Morgan fingerprint density at radius 1 is 1.73 bits per heavy atom. The first-order valence-corrected chi connectivity index (χ1v) is 5.67. The Morgan fingerprint density at radius 3 is 2.93 bits per heavy atom. The minimum atomic E-state index is -0.736. The summed E-state index contributed by atoms with van der Waals surface area (Å²) in [7, 11) is 0. The van der Waals surface area contributed by atoms with Crippen LogP contribution in [0.2, 0.25) is 4.34 Å². The molecule has 0 aliphatic carbocycles. The Bertz CT molecular complexity index is 383. The SMILES string of the molecule is CCOC(=O)C(C#N)Cc1ccc(Cl)s1. The van der Waals surface area contributed by atoms with Crippen molar-refractivity contribution in [3.63, 3.8) is 0 Å². The summed E-state index contributed by atoms with van der Waals surface area (Å²) in [6.45, 7) is 2.01. The summed E-state index contributed by atoms with van der Waals surface area (Å²) in [6.07, 6.45) is 0.368. The van der Waals surface area contributed by atoms with Crippen LogP contribution in [-0.2, 0) is 16.0 Å². The Morgan fingerprint density at radius 2 is 2.47 bits per heavy atom. The van der Waals surface area contributed by atoms with Crippen LogP contribution in [0.15, 0.2) is 12.1 Å². The van der Waals surface area contributed by atoms with Gasteiger partial charge in [0.2, 0.25) is 0 Å². The van der Waals surface area contributed by atoms with Gasteiger partial charge < -0.3 is 4.74 Å². The molecule has 5 heteroatoms. The Balaban J connectivity index is 2.62. The van der Waals surface area contributed by atoms with Crippen LogP contribution in [0, 0.1) is 17.2 Å². The molecule has 0 spiro atoms.